The van der Waals surface area contributed by atoms with Crippen molar-refractivity contribution in [3.05, 3.63) is 18.2 Å². The second-order valence-electron chi connectivity index (χ2n) is 6.09. The normalized spacial score (nSPS) is 26.9. The monoisotopic (exact) mass is 292 g/mol. The van der Waals surface area contributed by atoms with Crippen molar-refractivity contribution in [3.8, 4) is 0 Å². The number of aliphatic hydroxyl groups excluding tert-OH is 1. The first-order chi connectivity index (χ1) is 10.3. The molecule has 2 saturated heterocycles. The van der Waals surface area contributed by atoms with Gasteiger partial charge in [0, 0.05) is 51.1 Å². The molecule has 1 aromatic heterocycles. The van der Waals surface area contributed by atoms with Gasteiger partial charge in [-0.3, -0.25) is 9.69 Å². The first kappa shape index (κ1) is 14.5. The molecule has 2 aliphatic heterocycles. The van der Waals surface area contributed by atoms with Crippen molar-refractivity contribution >= 4 is 5.91 Å². The summed E-state index contributed by atoms with van der Waals surface area (Å²) in [6.45, 7) is 3.76. The molecule has 2 fully saturated rings. The van der Waals surface area contributed by atoms with Gasteiger partial charge in [-0.1, -0.05) is 0 Å². The van der Waals surface area contributed by atoms with Gasteiger partial charge >= 0.3 is 0 Å². The SMILES string of the molecule is O=C1CC[C@H]2CN(Cc3ncc[nH]3)CC[C@H]2N1CCCO. The minimum atomic E-state index is 0.159. The lowest BCUT2D eigenvalue weighted by molar-refractivity contribution is -0.141. The van der Waals surface area contributed by atoms with Crippen LogP contribution in [-0.2, 0) is 11.3 Å². The number of piperidine rings is 2. The zero-order chi connectivity index (χ0) is 14.7. The number of fused-ring (bicyclic) bond motifs is 1. The number of aromatic nitrogens is 2. The molecule has 1 amide bonds. The van der Waals surface area contributed by atoms with Crippen molar-refractivity contribution in [2.24, 2.45) is 5.92 Å². The largest absolute Gasteiger partial charge is 0.396 e. The molecule has 3 heterocycles. The van der Waals surface area contributed by atoms with Gasteiger partial charge in [-0.05, 0) is 25.2 Å². The molecule has 2 atom stereocenters. The molecule has 0 radical (unpaired) electrons. The van der Waals surface area contributed by atoms with Crippen LogP contribution in [0, 0.1) is 5.92 Å². The number of nitrogens with zero attached hydrogens (tertiary/aromatic N) is 3. The minimum absolute atomic E-state index is 0.159. The van der Waals surface area contributed by atoms with E-state index in [-0.39, 0.29) is 12.5 Å². The number of aromatic amines is 1. The van der Waals surface area contributed by atoms with Crippen molar-refractivity contribution in [1.29, 1.82) is 0 Å². The molecular weight excluding hydrogens is 268 g/mol. The first-order valence-electron chi connectivity index (χ1n) is 7.89. The van der Waals surface area contributed by atoms with Crippen LogP contribution < -0.4 is 0 Å². The summed E-state index contributed by atoms with van der Waals surface area (Å²) in [6.07, 6.45) is 7.01. The number of aliphatic hydroxyl groups is 1. The third-order valence-corrected chi connectivity index (χ3v) is 4.71. The number of H-pyrrole nitrogens is 1. The van der Waals surface area contributed by atoms with Crippen LogP contribution in [0.1, 0.15) is 31.5 Å². The van der Waals surface area contributed by atoms with E-state index in [0.29, 0.717) is 31.3 Å². The Morgan fingerprint density at radius 3 is 3.10 bits per heavy atom. The van der Waals surface area contributed by atoms with E-state index in [1.54, 1.807) is 6.20 Å². The van der Waals surface area contributed by atoms with E-state index in [2.05, 4.69) is 14.9 Å². The first-order valence-corrected chi connectivity index (χ1v) is 7.89. The van der Waals surface area contributed by atoms with Gasteiger partial charge < -0.3 is 15.0 Å². The van der Waals surface area contributed by atoms with Crippen LogP contribution in [0.4, 0.5) is 0 Å². The Morgan fingerprint density at radius 2 is 2.33 bits per heavy atom. The molecule has 21 heavy (non-hydrogen) atoms. The van der Waals surface area contributed by atoms with Crippen molar-refractivity contribution in [2.75, 3.05) is 26.2 Å². The summed E-state index contributed by atoms with van der Waals surface area (Å²) < 4.78 is 0. The average molecular weight is 292 g/mol. The highest BCUT2D eigenvalue weighted by Gasteiger charge is 2.38. The molecule has 2 aliphatic rings. The van der Waals surface area contributed by atoms with Gasteiger partial charge in [0.2, 0.25) is 5.91 Å². The van der Waals surface area contributed by atoms with E-state index in [4.69, 9.17) is 5.11 Å². The standard InChI is InChI=1S/C15H24N4O2/c20-9-1-7-19-13-4-8-18(11-14-16-5-6-17-14)10-12(13)2-3-15(19)21/h5-6,12-13,20H,1-4,7-11H2,(H,16,17)/t12-,13+/m0/s1. The lowest BCUT2D eigenvalue weighted by Gasteiger charge is -2.47. The highest BCUT2D eigenvalue weighted by molar-refractivity contribution is 5.77. The molecule has 0 bridgehead atoms. The Hall–Kier alpha value is -1.40. The van der Waals surface area contributed by atoms with Crippen LogP contribution in [0.3, 0.4) is 0 Å². The van der Waals surface area contributed by atoms with Crippen LogP contribution in [0.15, 0.2) is 12.4 Å². The maximum Gasteiger partial charge on any atom is 0.222 e. The highest BCUT2D eigenvalue weighted by atomic mass is 16.3. The lowest BCUT2D eigenvalue weighted by Crippen LogP contribution is -2.56. The molecule has 3 rings (SSSR count). The number of nitrogens with one attached hydrogen (secondary N) is 1. The lowest BCUT2D eigenvalue weighted by atomic mass is 9.83. The zero-order valence-corrected chi connectivity index (χ0v) is 12.4. The maximum atomic E-state index is 12.1. The fraction of sp³-hybridized carbons (Fsp3) is 0.733. The van der Waals surface area contributed by atoms with Crippen molar-refractivity contribution in [2.45, 2.75) is 38.3 Å². The van der Waals surface area contributed by atoms with E-state index in [0.717, 1.165) is 38.3 Å². The zero-order valence-electron chi connectivity index (χ0n) is 12.4. The van der Waals surface area contributed by atoms with Crippen molar-refractivity contribution < 1.29 is 9.90 Å². The molecule has 0 unspecified atom stereocenters. The van der Waals surface area contributed by atoms with Crippen LogP contribution in [0.25, 0.3) is 0 Å². The van der Waals surface area contributed by atoms with E-state index >= 15 is 0 Å². The summed E-state index contributed by atoms with van der Waals surface area (Å²) in [5.41, 5.74) is 0. The predicted molar refractivity (Wildman–Crippen MR) is 78.4 cm³/mol. The highest BCUT2D eigenvalue weighted by Crippen LogP contribution is 2.31. The minimum Gasteiger partial charge on any atom is -0.396 e. The van der Waals surface area contributed by atoms with Gasteiger partial charge in [0.25, 0.3) is 0 Å². The number of rotatable bonds is 5. The number of hydrogen-bond acceptors (Lipinski definition) is 4. The number of hydrogen-bond donors (Lipinski definition) is 2. The van der Waals surface area contributed by atoms with Gasteiger partial charge in [0.05, 0.1) is 6.54 Å². The van der Waals surface area contributed by atoms with Gasteiger partial charge in [0.1, 0.15) is 5.82 Å². The topological polar surface area (TPSA) is 72.5 Å². The second kappa shape index (κ2) is 6.58. The fourth-order valence-electron chi connectivity index (χ4n) is 3.70. The fourth-order valence-corrected chi connectivity index (χ4v) is 3.70. The smallest absolute Gasteiger partial charge is 0.222 e. The van der Waals surface area contributed by atoms with E-state index in [9.17, 15) is 4.79 Å². The average Bonchev–Trinajstić information content (AvgIpc) is 2.99. The Labute approximate surface area is 125 Å². The van der Waals surface area contributed by atoms with Gasteiger partial charge in [-0.25, -0.2) is 4.98 Å². The number of amides is 1. The molecule has 6 nitrogen and oxygen atoms in total. The molecule has 2 N–H and O–H groups in total. The summed E-state index contributed by atoms with van der Waals surface area (Å²) in [7, 11) is 0. The summed E-state index contributed by atoms with van der Waals surface area (Å²) in [6, 6.07) is 0.366. The molecular formula is C15H24N4O2. The number of imidazole rings is 1. The molecule has 6 heteroatoms. The van der Waals surface area contributed by atoms with Crippen molar-refractivity contribution in [1.82, 2.24) is 19.8 Å². The maximum absolute atomic E-state index is 12.1. The summed E-state index contributed by atoms with van der Waals surface area (Å²) in [4.78, 5) is 24.0. The summed E-state index contributed by atoms with van der Waals surface area (Å²) in [5, 5.41) is 9.01. The van der Waals surface area contributed by atoms with E-state index < -0.39 is 0 Å². The Morgan fingerprint density at radius 1 is 1.43 bits per heavy atom. The van der Waals surface area contributed by atoms with Crippen LogP contribution >= 0.6 is 0 Å². The quantitative estimate of drug-likeness (QED) is 0.834. The van der Waals surface area contributed by atoms with E-state index in [1.165, 1.54) is 0 Å². The third kappa shape index (κ3) is 3.27. The molecule has 0 saturated carbocycles. The van der Waals surface area contributed by atoms with Gasteiger partial charge in [-0.15, -0.1) is 0 Å². The Kier molecular flexibility index (Phi) is 4.55. The van der Waals surface area contributed by atoms with E-state index in [1.807, 2.05) is 11.1 Å². The van der Waals surface area contributed by atoms with Gasteiger partial charge in [-0.2, -0.15) is 0 Å². The van der Waals surface area contributed by atoms with Crippen LogP contribution in [-0.4, -0.2) is 63.1 Å². The summed E-state index contributed by atoms with van der Waals surface area (Å²) >= 11 is 0. The number of likely N-dealkylation sites (tertiary alicyclic amines) is 2. The van der Waals surface area contributed by atoms with Crippen LogP contribution in [0.2, 0.25) is 0 Å². The number of carbonyl (C=O) groups excluding carboxylic acids is 1. The molecule has 0 aliphatic carbocycles. The summed E-state index contributed by atoms with van der Waals surface area (Å²) in [5.74, 6) is 1.84. The second-order valence-corrected chi connectivity index (χ2v) is 6.09. The predicted octanol–water partition coefficient (Wildman–Crippen LogP) is 0.605. The van der Waals surface area contributed by atoms with Crippen molar-refractivity contribution in [3.63, 3.8) is 0 Å². The molecule has 0 aromatic carbocycles. The van der Waals surface area contributed by atoms with Gasteiger partial charge in [0.15, 0.2) is 0 Å². The third-order valence-electron chi connectivity index (χ3n) is 4.71. The molecule has 116 valence electrons. The molecule has 0 spiro atoms. The molecule has 1 aromatic rings. The Balaban J connectivity index is 1.60. The number of carbonyl (C=O) groups is 1. The van der Waals surface area contributed by atoms with Crippen LogP contribution in [0.5, 0.6) is 0 Å². The Bertz CT molecular complexity index is 462.